The van der Waals surface area contributed by atoms with E-state index in [1.165, 1.54) is 12.1 Å². The maximum Gasteiger partial charge on any atom is 0.177 e. The largest absolute Gasteiger partial charge is 0.337 e. The highest BCUT2D eigenvalue weighted by molar-refractivity contribution is 7.71. The number of rotatable bonds is 2. The lowest BCUT2D eigenvalue weighted by atomic mass is 9.88. The number of hydrogen-bond donors (Lipinski definition) is 2. The molecule has 3 rings (SSSR count). The number of aromatic nitrogens is 2. The number of imidazole rings is 1. The monoisotopic (exact) mass is 331 g/mol. The first-order valence-electron chi connectivity index (χ1n) is 6.55. The lowest BCUT2D eigenvalue weighted by molar-refractivity contribution is 0.421. The van der Waals surface area contributed by atoms with Crippen molar-refractivity contribution in [1.29, 1.82) is 0 Å². The summed E-state index contributed by atoms with van der Waals surface area (Å²) in [6.07, 6.45) is 4.01. The van der Waals surface area contributed by atoms with E-state index in [9.17, 15) is 8.78 Å². The molecule has 0 saturated heterocycles. The minimum atomic E-state index is -0.791. The molecule has 1 heterocycles. The van der Waals surface area contributed by atoms with Gasteiger partial charge < -0.3 is 15.3 Å². The van der Waals surface area contributed by atoms with Crippen molar-refractivity contribution in [3.63, 3.8) is 0 Å². The molecule has 0 spiro atoms. The summed E-state index contributed by atoms with van der Waals surface area (Å²) >= 11 is 5.28. The standard InChI is InChI=1S/C14H15F2N3S.ClH/c15-12-4-8-1-2-10(3-9(8)5-13(12)16)19-11(6-17)7-18-14(19)20;/h4-5,7,10H,1-3,6,17H2,(H,18,20);1H. The number of nitrogens with one attached hydrogen (secondary N) is 1. The van der Waals surface area contributed by atoms with Crippen LogP contribution in [-0.2, 0) is 19.4 Å². The molecular formula is C14H16ClF2N3S. The number of halogens is 3. The molecule has 0 aliphatic heterocycles. The predicted octanol–water partition coefficient (Wildman–Crippen LogP) is 3.43. The van der Waals surface area contributed by atoms with E-state index in [4.69, 9.17) is 18.0 Å². The summed E-state index contributed by atoms with van der Waals surface area (Å²) in [4.78, 5) is 2.99. The molecule has 1 unspecified atom stereocenters. The Kier molecular flexibility index (Phi) is 4.81. The topological polar surface area (TPSA) is 46.7 Å². The van der Waals surface area contributed by atoms with Gasteiger partial charge in [0, 0.05) is 18.8 Å². The molecule has 0 radical (unpaired) electrons. The number of aryl methyl sites for hydroxylation is 1. The van der Waals surface area contributed by atoms with Crippen LogP contribution in [0, 0.1) is 16.4 Å². The molecule has 1 aliphatic carbocycles. The van der Waals surface area contributed by atoms with Crippen molar-refractivity contribution < 1.29 is 8.78 Å². The third-order valence-electron chi connectivity index (χ3n) is 3.91. The van der Waals surface area contributed by atoms with Gasteiger partial charge in [-0.2, -0.15) is 0 Å². The molecule has 0 amide bonds. The summed E-state index contributed by atoms with van der Waals surface area (Å²) in [5.41, 5.74) is 8.39. The zero-order chi connectivity index (χ0) is 14.3. The number of benzene rings is 1. The maximum absolute atomic E-state index is 13.4. The molecule has 1 atom stereocenters. The molecule has 0 bridgehead atoms. The molecule has 1 aromatic heterocycles. The molecule has 1 aliphatic rings. The van der Waals surface area contributed by atoms with Gasteiger partial charge in [0.2, 0.25) is 0 Å². The van der Waals surface area contributed by atoms with Crippen LogP contribution in [-0.4, -0.2) is 9.55 Å². The normalized spacial score (nSPS) is 17.2. The van der Waals surface area contributed by atoms with E-state index in [0.717, 1.165) is 23.2 Å². The average Bonchev–Trinajstić information content (AvgIpc) is 2.81. The molecule has 21 heavy (non-hydrogen) atoms. The molecule has 1 aromatic carbocycles. The van der Waals surface area contributed by atoms with Crippen molar-refractivity contribution >= 4 is 24.6 Å². The fraction of sp³-hybridized carbons (Fsp3) is 0.357. The van der Waals surface area contributed by atoms with Crippen LogP contribution in [0.5, 0.6) is 0 Å². The second kappa shape index (κ2) is 6.25. The third-order valence-corrected chi connectivity index (χ3v) is 4.22. The van der Waals surface area contributed by atoms with Crippen LogP contribution >= 0.6 is 24.6 Å². The van der Waals surface area contributed by atoms with Crippen molar-refractivity contribution in [2.45, 2.75) is 31.8 Å². The van der Waals surface area contributed by atoms with Gasteiger partial charge in [-0.15, -0.1) is 12.4 Å². The minimum Gasteiger partial charge on any atom is -0.337 e. The Hall–Kier alpha value is -1.24. The summed E-state index contributed by atoms with van der Waals surface area (Å²) in [5.74, 6) is -1.57. The minimum absolute atomic E-state index is 0. The Bertz CT molecular complexity index is 711. The van der Waals surface area contributed by atoms with Crippen LogP contribution in [0.3, 0.4) is 0 Å². The Morgan fingerprint density at radius 2 is 1.95 bits per heavy atom. The fourth-order valence-electron chi connectivity index (χ4n) is 2.92. The van der Waals surface area contributed by atoms with Crippen molar-refractivity contribution in [2.75, 3.05) is 0 Å². The first kappa shape index (κ1) is 16.1. The lowest BCUT2D eigenvalue weighted by Crippen LogP contribution is -2.21. The van der Waals surface area contributed by atoms with E-state index in [0.29, 0.717) is 24.2 Å². The molecule has 3 nitrogen and oxygen atoms in total. The van der Waals surface area contributed by atoms with Gasteiger partial charge in [-0.25, -0.2) is 8.78 Å². The van der Waals surface area contributed by atoms with Crippen LogP contribution in [0.1, 0.15) is 29.3 Å². The predicted molar refractivity (Wildman–Crippen MR) is 82.2 cm³/mol. The first-order valence-corrected chi connectivity index (χ1v) is 6.96. The molecule has 3 N–H and O–H groups in total. The number of hydrogen-bond acceptors (Lipinski definition) is 2. The zero-order valence-electron chi connectivity index (χ0n) is 11.2. The zero-order valence-corrected chi connectivity index (χ0v) is 12.9. The van der Waals surface area contributed by atoms with Crippen LogP contribution in [0.4, 0.5) is 8.78 Å². The molecule has 0 saturated carbocycles. The van der Waals surface area contributed by atoms with E-state index in [1.54, 1.807) is 0 Å². The number of nitrogens with two attached hydrogens (primary N) is 1. The van der Waals surface area contributed by atoms with Crippen molar-refractivity contribution in [3.05, 3.63) is 51.6 Å². The Morgan fingerprint density at radius 3 is 2.62 bits per heavy atom. The molecule has 2 aromatic rings. The molecule has 114 valence electrons. The fourth-order valence-corrected chi connectivity index (χ4v) is 3.25. The molecule has 0 fully saturated rings. The number of aromatic amines is 1. The van der Waals surface area contributed by atoms with Gasteiger partial charge in [-0.3, -0.25) is 0 Å². The third kappa shape index (κ3) is 2.88. The number of H-pyrrole nitrogens is 1. The van der Waals surface area contributed by atoms with E-state index >= 15 is 0 Å². The highest BCUT2D eigenvalue weighted by Crippen LogP contribution is 2.31. The average molecular weight is 332 g/mol. The summed E-state index contributed by atoms with van der Waals surface area (Å²) < 4.78 is 29.2. The van der Waals surface area contributed by atoms with Crippen LogP contribution in [0.15, 0.2) is 18.3 Å². The van der Waals surface area contributed by atoms with Crippen molar-refractivity contribution in [1.82, 2.24) is 9.55 Å². The lowest BCUT2D eigenvalue weighted by Gasteiger charge is -2.27. The maximum atomic E-state index is 13.4. The quantitative estimate of drug-likeness (QED) is 0.828. The number of fused-ring (bicyclic) bond motifs is 1. The summed E-state index contributed by atoms with van der Waals surface area (Å²) in [5, 5.41) is 0. The van der Waals surface area contributed by atoms with E-state index in [2.05, 4.69) is 4.98 Å². The SMILES string of the molecule is Cl.NCc1c[nH]c(=S)n1C1CCc2cc(F)c(F)cc2C1. The van der Waals surface area contributed by atoms with Gasteiger partial charge in [-0.05, 0) is 54.7 Å². The van der Waals surface area contributed by atoms with E-state index in [1.807, 2.05) is 10.8 Å². The summed E-state index contributed by atoms with van der Waals surface area (Å²) in [6.45, 7) is 0.397. The van der Waals surface area contributed by atoms with Gasteiger partial charge in [0.05, 0.1) is 5.69 Å². The smallest absolute Gasteiger partial charge is 0.177 e. The second-order valence-corrected chi connectivity index (χ2v) is 5.48. The van der Waals surface area contributed by atoms with Crippen molar-refractivity contribution in [2.24, 2.45) is 5.73 Å². The van der Waals surface area contributed by atoms with Gasteiger partial charge >= 0.3 is 0 Å². The van der Waals surface area contributed by atoms with Crippen molar-refractivity contribution in [3.8, 4) is 0 Å². The van der Waals surface area contributed by atoms with E-state index in [-0.39, 0.29) is 18.4 Å². The number of nitrogens with zero attached hydrogens (tertiary/aromatic N) is 1. The van der Waals surface area contributed by atoms with E-state index < -0.39 is 11.6 Å². The first-order chi connectivity index (χ1) is 9.60. The van der Waals surface area contributed by atoms with Crippen LogP contribution < -0.4 is 5.73 Å². The van der Waals surface area contributed by atoms with Crippen LogP contribution in [0.25, 0.3) is 0 Å². The second-order valence-electron chi connectivity index (χ2n) is 5.09. The van der Waals surface area contributed by atoms with Crippen LogP contribution in [0.2, 0.25) is 0 Å². The van der Waals surface area contributed by atoms with Gasteiger partial charge in [0.15, 0.2) is 16.4 Å². The Labute approximate surface area is 132 Å². The Morgan fingerprint density at radius 1 is 1.29 bits per heavy atom. The van der Waals surface area contributed by atoms with Gasteiger partial charge in [0.1, 0.15) is 0 Å². The summed E-state index contributed by atoms with van der Waals surface area (Å²) in [6, 6.07) is 2.75. The Balaban J connectivity index is 0.00000161. The highest BCUT2D eigenvalue weighted by atomic mass is 35.5. The highest BCUT2D eigenvalue weighted by Gasteiger charge is 2.23. The molecular weight excluding hydrogens is 316 g/mol. The van der Waals surface area contributed by atoms with Gasteiger partial charge in [-0.1, -0.05) is 0 Å². The summed E-state index contributed by atoms with van der Waals surface area (Å²) in [7, 11) is 0. The van der Waals surface area contributed by atoms with Gasteiger partial charge in [0.25, 0.3) is 0 Å². The molecule has 7 heteroatoms.